The van der Waals surface area contributed by atoms with Gasteiger partial charge in [-0.1, -0.05) is 18.9 Å². The zero-order chi connectivity index (χ0) is 10.3. The minimum atomic E-state index is 0.186. The topological polar surface area (TPSA) is 44.3 Å². The molecule has 3 N–H and O–H groups in total. The van der Waals surface area contributed by atoms with E-state index in [1.165, 1.54) is 25.7 Å². The van der Waals surface area contributed by atoms with E-state index in [4.69, 9.17) is 0 Å². The van der Waals surface area contributed by atoms with Crippen LogP contribution >= 0.6 is 0 Å². The number of anilines is 2. The lowest BCUT2D eigenvalue weighted by Gasteiger charge is -2.37. The second-order valence-electron chi connectivity index (χ2n) is 4.67. The van der Waals surface area contributed by atoms with Gasteiger partial charge in [-0.3, -0.25) is 0 Å². The second kappa shape index (κ2) is 3.05. The van der Waals surface area contributed by atoms with Crippen LogP contribution in [0.15, 0.2) is 18.2 Å². The summed E-state index contributed by atoms with van der Waals surface area (Å²) in [5.41, 5.74) is 2.09. The first-order valence-corrected chi connectivity index (χ1v) is 5.63. The molecule has 1 spiro atoms. The molecule has 0 saturated heterocycles. The Morgan fingerprint density at radius 2 is 2.00 bits per heavy atom. The minimum absolute atomic E-state index is 0.186. The summed E-state index contributed by atoms with van der Waals surface area (Å²) in [5, 5.41) is 16.7. The van der Waals surface area contributed by atoms with Crippen LogP contribution in [-0.4, -0.2) is 17.2 Å². The van der Waals surface area contributed by atoms with Crippen LogP contribution in [0.3, 0.4) is 0 Å². The molecule has 0 bridgehead atoms. The van der Waals surface area contributed by atoms with Gasteiger partial charge in [-0.15, -0.1) is 0 Å². The predicted octanol–water partition coefficient (Wildman–Crippen LogP) is 2.54. The molecule has 1 aliphatic carbocycles. The average molecular weight is 204 g/mol. The average Bonchev–Trinajstić information content (AvgIpc) is 2.68. The number of benzene rings is 1. The van der Waals surface area contributed by atoms with Gasteiger partial charge in [0.15, 0.2) is 0 Å². The zero-order valence-corrected chi connectivity index (χ0v) is 8.71. The molecule has 3 rings (SSSR count). The molecule has 1 aromatic rings. The van der Waals surface area contributed by atoms with Crippen molar-refractivity contribution in [1.82, 2.24) is 0 Å². The molecule has 1 aliphatic heterocycles. The van der Waals surface area contributed by atoms with E-state index in [0.29, 0.717) is 5.75 Å². The highest BCUT2D eigenvalue weighted by atomic mass is 16.3. The van der Waals surface area contributed by atoms with Gasteiger partial charge in [-0.2, -0.15) is 0 Å². The van der Waals surface area contributed by atoms with Crippen LogP contribution < -0.4 is 10.6 Å². The summed E-state index contributed by atoms with van der Waals surface area (Å²) < 4.78 is 0. The number of rotatable bonds is 0. The van der Waals surface area contributed by atoms with Gasteiger partial charge in [0, 0.05) is 6.54 Å². The van der Waals surface area contributed by atoms with Crippen molar-refractivity contribution < 1.29 is 5.11 Å². The summed E-state index contributed by atoms with van der Waals surface area (Å²) in [7, 11) is 0. The van der Waals surface area contributed by atoms with Crippen molar-refractivity contribution in [2.45, 2.75) is 31.2 Å². The molecule has 80 valence electrons. The normalized spacial score (nSPS) is 21.9. The Kier molecular flexibility index (Phi) is 1.81. The first-order chi connectivity index (χ1) is 7.29. The molecule has 0 radical (unpaired) electrons. The van der Waals surface area contributed by atoms with E-state index in [9.17, 15) is 5.11 Å². The van der Waals surface area contributed by atoms with Crippen molar-refractivity contribution in [3.05, 3.63) is 18.2 Å². The van der Waals surface area contributed by atoms with E-state index < -0.39 is 0 Å². The molecule has 3 heteroatoms. The first-order valence-electron chi connectivity index (χ1n) is 5.63. The van der Waals surface area contributed by atoms with E-state index in [1.807, 2.05) is 12.1 Å². The zero-order valence-electron chi connectivity index (χ0n) is 8.71. The summed E-state index contributed by atoms with van der Waals surface area (Å²) in [6, 6.07) is 5.61. The molecule has 1 heterocycles. The third-order valence-electron chi connectivity index (χ3n) is 3.61. The van der Waals surface area contributed by atoms with Gasteiger partial charge in [0.2, 0.25) is 0 Å². The lowest BCUT2D eigenvalue weighted by atomic mass is 9.94. The number of nitrogens with one attached hydrogen (secondary N) is 2. The van der Waals surface area contributed by atoms with Crippen molar-refractivity contribution in [1.29, 1.82) is 0 Å². The fraction of sp³-hybridized carbons (Fsp3) is 0.500. The van der Waals surface area contributed by atoms with Gasteiger partial charge < -0.3 is 15.7 Å². The number of aromatic hydroxyl groups is 1. The molecule has 0 atom stereocenters. The third kappa shape index (κ3) is 1.34. The van der Waals surface area contributed by atoms with Crippen LogP contribution in [0.1, 0.15) is 25.7 Å². The van der Waals surface area contributed by atoms with Crippen molar-refractivity contribution in [3.63, 3.8) is 0 Å². The quantitative estimate of drug-likeness (QED) is 0.569. The molecular weight excluding hydrogens is 188 g/mol. The van der Waals surface area contributed by atoms with Crippen LogP contribution in [-0.2, 0) is 0 Å². The second-order valence-corrected chi connectivity index (χ2v) is 4.67. The maximum Gasteiger partial charge on any atom is 0.140 e. The predicted molar refractivity (Wildman–Crippen MR) is 61.4 cm³/mol. The van der Waals surface area contributed by atoms with Crippen LogP contribution in [0.5, 0.6) is 5.75 Å². The van der Waals surface area contributed by atoms with Gasteiger partial charge in [0.05, 0.1) is 11.2 Å². The Bertz CT molecular complexity index is 383. The Labute approximate surface area is 89.5 Å². The SMILES string of the molecule is Oc1cccc2c1NC1(CCCC1)CN2. The van der Waals surface area contributed by atoms with Gasteiger partial charge >= 0.3 is 0 Å². The van der Waals surface area contributed by atoms with E-state index >= 15 is 0 Å². The summed E-state index contributed by atoms with van der Waals surface area (Å²) >= 11 is 0. The monoisotopic (exact) mass is 204 g/mol. The smallest absolute Gasteiger partial charge is 0.140 e. The molecule has 0 amide bonds. The van der Waals surface area contributed by atoms with Crippen LogP contribution in [0.2, 0.25) is 0 Å². The highest BCUT2D eigenvalue weighted by Crippen LogP contribution is 2.42. The number of phenolic OH excluding ortho intramolecular Hbond substituents is 1. The van der Waals surface area contributed by atoms with Crippen LogP contribution in [0.25, 0.3) is 0 Å². The molecule has 1 aromatic carbocycles. The van der Waals surface area contributed by atoms with Crippen molar-refractivity contribution >= 4 is 11.4 Å². The Hall–Kier alpha value is -1.38. The number of phenols is 1. The highest BCUT2D eigenvalue weighted by molar-refractivity contribution is 5.78. The lowest BCUT2D eigenvalue weighted by molar-refractivity contribution is 0.461. The molecule has 1 fully saturated rings. The largest absolute Gasteiger partial charge is 0.506 e. The van der Waals surface area contributed by atoms with E-state index in [2.05, 4.69) is 10.6 Å². The maximum atomic E-state index is 9.80. The van der Waals surface area contributed by atoms with E-state index in [0.717, 1.165) is 17.9 Å². The molecular formula is C12H16N2O. The van der Waals surface area contributed by atoms with Crippen molar-refractivity contribution in [2.75, 3.05) is 17.2 Å². The fourth-order valence-electron chi connectivity index (χ4n) is 2.75. The molecule has 0 unspecified atom stereocenters. The van der Waals surface area contributed by atoms with Gasteiger partial charge in [-0.05, 0) is 25.0 Å². The minimum Gasteiger partial charge on any atom is -0.506 e. The highest BCUT2D eigenvalue weighted by Gasteiger charge is 2.37. The third-order valence-corrected chi connectivity index (χ3v) is 3.61. The van der Waals surface area contributed by atoms with Crippen molar-refractivity contribution in [2.24, 2.45) is 0 Å². The number of fused-ring (bicyclic) bond motifs is 1. The fourth-order valence-corrected chi connectivity index (χ4v) is 2.75. The number of hydrogen-bond donors (Lipinski definition) is 3. The molecule has 3 nitrogen and oxygen atoms in total. The molecule has 2 aliphatic rings. The Balaban J connectivity index is 1.98. The van der Waals surface area contributed by atoms with Crippen LogP contribution in [0.4, 0.5) is 11.4 Å². The number of hydrogen-bond acceptors (Lipinski definition) is 3. The van der Waals surface area contributed by atoms with Crippen molar-refractivity contribution in [3.8, 4) is 5.75 Å². The van der Waals surface area contributed by atoms with Gasteiger partial charge in [0.1, 0.15) is 11.4 Å². The summed E-state index contributed by atoms with van der Waals surface area (Å²) in [4.78, 5) is 0. The van der Waals surface area contributed by atoms with Gasteiger partial charge in [0.25, 0.3) is 0 Å². The molecule has 1 saturated carbocycles. The van der Waals surface area contributed by atoms with E-state index in [-0.39, 0.29) is 5.54 Å². The Morgan fingerprint density at radius 3 is 2.80 bits per heavy atom. The molecule has 0 aromatic heterocycles. The maximum absolute atomic E-state index is 9.80. The van der Waals surface area contributed by atoms with Gasteiger partial charge in [-0.25, -0.2) is 0 Å². The summed E-state index contributed by atoms with van der Waals surface area (Å²) in [5.74, 6) is 0.353. The summed E-state index contributed by atoms with van der Waals surface area (Å²) in [6.45, 7) is 0.976. The Morgan fingerprint density at radius 1 is 1.20 bits per heavy atom. The summed E-state index contributed by atoms with van der Waals surface area (Å²) in [6.07, 6.45) is 4.98. The van der Waals surface area contributed by atoms with Crippen LogP contribution in [0, 0.1) is 0 Å². The molecule has 15 heavy (non-hydrogen) atoms. The lowest BCUT2D eigenvalue weighted by Crippen LogP contribution is -2.45. The first kappa shape index (κ1) is 8.89. The van der Waals surface area contributed by atoms with E-state index in [1.54, 1.807) is 6.07 Å². The standard InChI is InChI=1S/C12H16N2O/c15-10-5-3-4-9-11(10)14-12(8-13-9)6-1-2-7-12/h3-5,13-15H,1-2,6-8H2. The number of para-hydroxylation sites is 1.